The van der Waals surface area contributed by atoms with E-state index in [1.54, 1.807) is 13.2 Å². The molecule has 0 saturated carbocycles. The minimum atomic E-state index is -0.234. The molecular formula is C14H16N2O3S. The second-order valence-electron chi connectivity index (χ2n) is 4.23. The topological polar surface area (TPSA) is 59.6 Å². The first-order valence-electron chi connectivity index (χ1n) is 6.29. The van der Waals surface area contributed by atoms with Crippen molar-refractivity contribution in [3.63, 3.8) is 0 Å². The van der Waals surface area contributed by atoms with Gasteiger partial charge in [0.05, 0.1) is 13.7 Å². The number of carbonyl (C=O) groups is 1. The van der Waals surface area contributed by atoms with Crippen molar-refractivity contribution < 1.29 is 14.3 Å². The average Bonchev–Trinajstić information content (AvgIpc) is 2.75. The van der Waals surface area contributed by atoms with Gasteiger partial charge < -0.3 is 14.8 Å². The Hall–Kier alpha value is -2.08. The highest BCUT2D eigenvalue weighted by atomic mass is 32.1. The first-order valence-corrected chi connectivity index (χ1v) is 6.69. The van der Waals surface area contributed by atoms with Gasteiger partial charge in [0.1, 0.15) is 5.70 Å². The Labute approximate surface area is 123 Å². The van der Waals surface area contributed by atoms with E-state index in [9.17, 15) is 4.79 Å². The van der Waals surface area contributed by atoms with Gasteiger partial charge in [-0.25, -0.2) is 0 Å². The van der Waals surface area contributed by atoms with E-state index in [4.69, 9.17) is 21.7 Å². The van der Waals surface area contributed by atoms with Crippen LogP contribution in [0.5, 0.6) is 11.5 Å². The van der Waals surface area contributed by atoms with Gasteiger partial charge in [-0.05, 0) is 42.4 Å². The van der Waals surface area contributed by atoms with E-state index in [-0.39, 0.29) is 5.91 Å². The fourth-order valence-corrected chi connectivity index (χ4v) is 1.96. The molecule has 5 nitrogen and oxygen atoms in total. The lowest BCUT2D eigenvalue weighted by molar-refractivity contribution is -0.115. The molecule has 1 aromatic carbocycles. The SMILES string of the molecule is CCCOc1cc(/C=C2\NC(=S)NC2=O)ccc1OC. The quantitative estimate of drug-likeness (QED) is 0.640. The van der Waals surface area contributed by atoms with E-state index in [0.29, 0.717) is 28.9 Å². The van der Waals surface area contributed by atoms with Gasteiger partial charge in [0, 0.05) is 0 Å². The summed E-state index contributed by atoms with van der Waals surface area (Å²) in [6.07, 6.45) is 2.62. The molecule has 1 aliphatic heterocycles. The second kappa shape index (κ2) is 6.38. The zero-order valence-electron chi connectivity index (χ0n) is 11.4. The maximum atomic E-state index is 11.6. The van der Waals surface area contributed by atoms with E-state index in [0.717, 1.165) is 12.0 Å². The van der Waals surface area contributed by atoms with Gasteiger partial charge in [-0.3, -0.25) is 10.1 Å². The van der Waals surface area contributed by atoms with Crippen LogP contribution in [0.3, 0.4) is 0 Å². The van der Waals surface area contributed by atoms with Crippen LogP contribution in [0.15, 0.2) is 23.9 Å². The molecule has 2 rings (SSSR count). The van der Waals surface area contributed by atoms with Crippen LogP contribution in [-0.2, 0) is 4.79 Å². The highest BCUT2D eigenvalue weighted by Crippen LogP contribution is 2.29. The molecule has 2 N–H and O–H groups in total. The minimum absolute atomic E-state index is 0.234. The number of thiocarbonyl (C=S) groups is 1. The van der Waals surface area contributed by atoms with Crippen LogP contribution in [0.2, 0.25) is 0 Å². The summed E-state index contributed by atoms with van der Waals surface area (Å²) in [4.78, 5) is 11.6. The maximum absolute atomic E-state index is 11.6. The van der Waals surface area contributed by atoms with Crippen LogP contribution in [0.4, 0.5) is 0 Å². The van der Waals surface area contributed by atoms with E-state index < -0.39 is 0 Å². The zero-order valence-corrected chi connectivity index (χ0v) is 12.2. The number of ether oxygens (including phenoxy) is 2. The summed E-state index contributed by atoms with van der Waals surface area (Å²) in [6.45, 7) is 2.64. The standard InChI is InChI=1S/C14H16N2O3S/c1-3-6-19-12-8-9(4-5-11(12)18-2)7-10-13(17)16-14(20)15-10/h4-5,7-8H,3,6H2,1-2H3,(H2,15,16,17,20)/b10-7-. The minimum Gasteiger partial charge on any atom is -0.493 e. The summed E-state index contributed by atoms with van der Waals surface area (Å²) in [6, 6.07) is 5.49. The van der Waals surface area contributed by atoms with Gasteiger partial charge >= 0.3 is 0 Å². The van der Waals surface area contributed by atoms with Crippen LogP contribution in [0.25, 0.3) is 6.08 Å². The maximum Gasteiger partial charge on any atom is 0.273 e. The van der Waals surface area contributed by atoms with Gasteiger partial charge in [-0.2, -0.15) is 0 Å². The Balaban J connectivity index is 2.26. The number of benzene rings is 1. The largest absolute Gasteiger partial charge is 0.493 e. The highest BCUT2D eigenvalue weighted by Gasteiger charge is 2.20. The summed E-state index contributed by atoms with van der Waals surface area (Å²) in [5.74, 6) is 1.09. The van der Waals surface area contributed by atoms with Gasteiger partial charge in [0.2, 0.25) is 0 Å². The third-order valence-corrected chi connectivity index (χ3v) is 2.88. The van der Waals surface area contributed by atoms with Crippen molar-refractivity contribution in [2.75, 3.05) is 13.7 Å². The van der Waals surface area contributed by atoms with Gasteiger partial charge in [0.15, 0.2) is 16.6 Å². The Morgan fingerprint density at radius 1 is 1.30 bits per heavy atom. The van der Waals surface area contributed by atoms with E-state index >= 15 is 0 Å². The predicted molar refractivity (Wildman–Crippen MR) is 80.6 cm³/mol. The summed E-state index contributed by atoms with van der Waals surface area (Å²) < 4.78 is 10.9. The molecule has 0 aromatic heterocycles. The molecule has 1 aliphatic rings. The molecule has 0 unspecified atom stereocenters. The molecule has 0 spiro atoms. The molecule has 0 atom stereocenters. The van der Waals surface area contributed by atoms with E-state index in [1.807, 2.05) is 25.1 Å². The molecule has 0 bridgehead atoms. The molecule has 0 aliphatic carbocycles. The zero-order chi connectivity index (χ0) is 14.5. The number of hydrogen-bond acceptors (Lipinski definition) is 4. The Morgan fingerprint density at radius 3 is 2.70 bits per heavy atom. The third-order valence-electron chi connectivity index (χ3n) is 2.68. The molecular weight excluding hydrogens is 276 g/mol. The fraction of sp³-hybridized carbons (Fsp3) is 0.286. The first-order chi connectivity index (χ1) is 9.63. The molecule has 20 heavy (non-hydrogen) atoms. The number of hydrogen-bond donors (Lipinski definition) is 2. The smallest absolute Gasteiger partial charge is 0.273 e. The molecule has 0 radical (unpaired) electrons. The second-order valence-corrected chi connectivity index (χ2v) is 4.63. The van der Waals surface area contributed by atoms with Crippen molar-refractivity contribution >= 4 is 29.3 Å². The molecule has 1 aromatic rings. The van der Waals surface area contributed by atoms with Gasteiger partial charge in [-0.1, -0.05) is 13.0 Å². The number of amides is 1. The molecule has 1 amide bonds. The number of rotatable bonds is 5. The fourth-order valence-electron chi connectivity index (χ4n) is 1.76. The van der Waals surface area contributed by atoms with Crippen molar-refractivity contribution in [2.24, 2.45) is 0 Å². The first kappa shape index (κ1) is 14.3. The molecule has 6 heteroatoms. The lowest BCUT2D eigenvalue weighted by Gasteiger charge is -2.10. The molecule has 1 heterocycles. The highest BCUT2D eigenvalue weighted by molar-refractivity contribution is 7.80. The lowest BCUT2D eigenvalue weighted by Crippen LogP contribution is -2.21. The van der Waals surface area contributed by atoms with E-state index in [1.165, 1.54) is 0 Å². The molecule has 1 saturated heterocycles. The molecule has 106 valence electrons. The van der Waals surface area contributed by atoms with E-state index in [2.05, 4.69) is 10.6 Å². The average molecular weight is 292 g/mol. The van der Waals surface area contributed by atoms with Crippen molar-refractivity contribution in [3.05, 3.63) is 29.5 Å². The Kier molecular flexibility index (Phi) is 4.57. The summed E-state index contributed by atoms with van der Waals surface area (Å²) >= 11 is 4.88. The normalized spacial score (nSPS) is 16.0. The Morgan fingerprint density at radius 2 is 2.10 bits per heavy atom. The monoisotopic (exact) mass is 292 g/mol. The van der Waals surface area contributed by atoms with Crippen LogP contribution in [-0.4, -0.2) is 24.7 Å². The summed E-state index contributed by atoms with van der Waals surface area (Å²) in [5.41, 5.74) is 1.25. The number of nitrogens with one attached hydrogen (secondary N) is 2. The van der Waals surface area contributed by atoms with Crippen LogP contribution in [0, 0.1) is 0 Å². The summed E-state index contributed by atoms with van der Waals surface area (Å²) in [5, 5.41) is 5.64. The third kappa shape index (κ3) is 3.27. The van der Waals surface area contributed by atoms with Crippen molar-refractivity contribution in [1.82, 2.24) is 10.6 Å². The Bertz CT molecular complexity index is 570. The molecule has 1 fully saturated rings. The van der Waals surface area contributed by atoms with Crippen LogP contribution >= 0.6 is 12.2 Å². The van der Waals surface area contributed by atoms with Gasteiger partial charge in [0.25, 0.3) is 5.91 Å². The lowest BCUT2D eigenvalue weighted by atomic mass is 10.1. The summed E-state index contributed by atoms with van der Waals surface area (Å²) in [7, 11) is 1.59. The van der Waals surface area contributed by atoms with Crippen molar-refractivity contribution in [1.29, 1.82) is 0 Å². The predicted octanol–water partition coefficient (Wildman–Crippen LogP) is 1.83. The van der Waals surface area contributed by atoms with Crippen LogP contribution < -0.4 is 20.1 Å². The number of methoxy groups -OCH3 is 1. The van der Waals surface area contributed by atoms with Crippen LogP contribution in [0.1, 0.15) is 18.9 Å². The van der Waals surface area contributed by atoms with Crippen molar-refractivity contribution in [3.8, 4) is 11.5 Å². The van der Waals surface area contributed by atoms with Gasteiger partial charge in [-0.15, -0.1) is 0 Å². The number of carbonyl (C=O) groups excluding carboxylic acids is 1. The van der Waals surface area contributed by atoms with Crippen molar-refractivity contribution in [2.45, 2.75) is 13.3 Å².